The van der Waals surface area contributed by atoms with Gasteiger partial charge in [-0.25, -0.2) is 0 Å². The first-order valence-corrected chi connectivity index (χ1v) is 9.12. The zero-order chi connectivity index (χ0) is 19.2. The lowest BCUT2D eigenvalue weighted by Gasteiger charge is -2.32. The molecule has 1 aliphatic heterocycles. The van der Waals surface area contributed by atoms with E-state index in [1.807, 2.05) is 17.0 Å². The number of rotatable bonds is 7. The van der Waals surface area contributed by atoms with Crippen molar-refractivity contribution in [3.05, 3.63) is 24.1 Å². The third-order valence-electron chi connectivity index (χ3n) is 4.75. The molecule has 1 aromatic carbocycles. The Hall–Kier alpha value is -2.61. The molecule has 2 aromatic rings. The van der Waals surface area contributed by atoms with Crippen molar-refractivity contribution in [2.75, 3.05) is 47.4 Å². The summed E-state index contributed by atoms with van der Waals surface area (Å²) in [5, 5.41) is 4.03. The maximum Gasteiger partial charge on any atom is 0.226 e. The third-order valence-corrected chi connectivity index (χ3v) is 4.75. The van der Waals surface area contributed by atoms with Crippen LogP contribution >= 0.6 is 0 Å². The van der Waals surface area contributed by atoms with Crippen LogP contribution in [0.2, 0.25) is 0 Å². The molecule has 0 unspecified atom stereocenters. The van der Waals surface area contributed by atoms with E-state index in [1.54, 1.807) is 20.3 Å². The zero-order valence-corrected chi connectivity index (χ0v) is 16.1. The second-order valence-corrected chi connectivity index (χ2v) is 6.62. The molecule has 8 nitrogen and oxygen atoms in total. The summed E-state index contributed by atoms with van der Waals surface area (Å²) in [6.07, 6.45) is 1.77. The number of carbonyl (C=O) groups is 1. The van der Waals surface area contributed by atoms with Crippen LogP contribution in [0.25, 0.3) is 11.4 Å². The van der Waals surface area contributed by atoms with Gasteiger partial charge in [0.25, 0.3) is 0 Å². The molecule has 146 valence electrons. The molecule has 3 rings (SSSR count). The third kappa shape index (κ3) is 4.77. The van der Waals surface area contributed by atoms with Gasteiger partial charge in [0.1, 0.15) is 0 Å². The Balaban J connectivity index is 1.53. The van der Waals surface area contributed by atoms with Crippen LogP contribution in [0.15, 0.2) is 22.7 Å². The summed E-state index contributed by atoms with van der Waals surface area (Å²) in [7, 11) is 5.25. The summed E-state index contributed by atoms with van der Waals surface area (Å²) in [5.41, 5.74) is 0.788. The average molecular weight is 374 g/mol. The van der Waals surface area contributed by atoms with Gasteiger partial charge in [-0.2, -0.15) is 4.98 Å². The SMILES string of the molecule is COc1ccc(-c2noc(CCCC(=O)N3CCN(C)CC3)n2)cc1OC. The lowest BCUT2D eigenvalue weighted by molar-refractivity contribution is -0.132. The fourth-order valence-electron chi connectivity index (χ4n) is 3.05. The minimum Gasteiger partial charge on any atom is -0.493 e. The highest BCUT2D eigenvalue weighted by atomic mass is 16.5. The van der Waals surface area contributed by atoms with Crippen LogP contribution in [-0.2, 0) is 11.2 Å². The molecule has 8 heteroatoms. The van der Waals surface area contributed by atoms with E-state index in [4.69, 9.17) is 14.0 Å². The number of likely N-dealkylation sites (N-methyl/N-ethyl adjacent to an activating group) is 1. The van der Waals surface area contributed by atoms with Gasteiger partial charge >= 0.3 is 0 Å². The average Bonchev–Trinajstić information content (AvgIpc) is 3.16. The van der Waals surface area contributed by atoms with E-state index in [0.29, 0.717) is 42.5 Å². The lowest BCUT2D eigenvalue weighted by atomic mass is 10.2. The number of piperazine rings is 1. The maximum absolute atomic E-state index is 12.3. The van der Waals surface area contributed by atoms with Gasteiger partial charge in [-0.15, -0.1) is 0 Å². The van der Waals surface area contributed by atoms with Crippen molar-refractivity contribution in [2.24, 2.45) is 0 Å². The number of benzene rings is 1. The standard InChI is InChI=1S/C19H26N4O4/c1-22-9-11-23(12-10-22)18(24)6-4-5-17-20-19(21-27-17)14-7-8-15(25-2)16(13-14)26-3/h7-8,13H,4-6,9-12H2,1-3H3. The molecule has 0 atom stereocenters. The predicted octanol–water partition coefficient (Wildman–Crippen LogP) is 1.85. The highest BCUT2D eigenvalue weighted by molar-refractivity contribution is 5.76. The molecule has 1 fully saturated rings. The molecule has 0 saturated carbocycles. The predicted molar refractivity (Wildman–Crippen MR) is 99.9 cm³/mol. The van der Waals surface area contributed by atoms with Gasteiger partial charge in [-0.05, 0) is 31.7 Å². The molecule has 2 heterocycles. The second kappa shape index (κ2) is 8.85. The van der Waals surface area contributed by atoms with Gasteiger partial charge in [0.05, 0.1) is 14.2 Å². The number of carbonyl (C=O) groups excluding carboxylic acids is 1. The van der Waals surface area contributed by atoms with Crippen molar-refractivity contribution < 1.29 is 18.8 Å². The maximum atomic E-state index is 12.3. The fraction of sp³-hybridized carbons (Fsp3) is 0.526. The molecule has 0 radical (unpaired) electrons. The van der Waals surface area contributed by atoms with Crippen LogP contribution in [0.3, 0.4) is 0 Å². The molecule has 0 aliphatic carbocycles. The van der Waals surface area contributed by atoms with Gasteiger partial charge in [0.2, 0.25) is 17.6 Å². The summed E-state index contributed by atoms with van der Waals surface area (Å²) in [4.78, 5) is 20.9. The van der Waals surface area contributed by atoms with Crippen molar-refractivity contribution in [1.29, 1.82) is 0 Å². The van der Waals surface area contributed by atoms with Crippen molar-refractivity contribution in [1.82, 2.24) is 19.9 Å². The highest BCUT2D eigenvalue weighted by Crippen LogP contribution is 2.31. The summed E-state index contributed by atoms with van der Waals surface area (Å²) in [5.74, 6) is 2.48. The fourth-order valence-corrected chi connectivity index (χ4v) is 3.05. The molecule has 1 saturated heterocycles. The Bertz CT molecular complexity index is 769. The first-order valence-electron chi connectivity index (χ1n) is 9.12. The number of amides is 1. The molecule has 1 aliphatic rings. The normalized spacial score (nSPS) is 15.0. The molecule has 0 bridgehead atoms. The number of ether oxygens (including phenoxy) is 2. The van der Waals surface area contributed by atoms with Crippen LogP contribution in [0.5, 0.6) is 11.5 Å². The van der Waals surface area contributed by atoms with Crippen LogP contribution in [0.1, 0.15) is 18.7 Å². The van der Waals surface area contributed by atoms with Gasteiger partial charge in [0.15, 0.2) is 11.5 Å². The number of aryl methyl sites for hydroxylation is 1. The Morgan fingerprint density at radius 3 is 2.59 bits per heavy atom. The summed E-state index contributed by atoms with van der Waals surface area (Å²) in [6.45, 7) is 3.48. The van der Waals surface area contributed by atoms with Gasteiger partial charge in [-0.3, -0.25) is 4.79 Å². The molecule has 1 amide bonds. The summed E-state index contributed by atoms with van der Waals surface area (Å²) >= 11 is 0. The highest BCUT2D eigenvalue weighted by Gasteiger charge is 2.19. The van der Waals surface area contributed by atoms with Gasteiger partial charge in [-0.1, -0.05) is 5.16 Å². The Labute approximate surface area is 159 Å². The molecule has 0 N–H and O–H groups in total. The zero-order valence-electron chi connectivity index (χ0n) is 16.1. The minimum atomic E-state index is 0.197. The summed E-state index contributed by atoms with van der Waals surface area (Å²) in [6, 6.07) is 5.47. The summed E-state index contributed by atoms with van der Waals surface area (Å²) < 4.78 is 15.9. The number of methoxy groups -OCH3 is 2. The number of aromatic nitrogens is 2. The number of nitrogens with zero attached hydrogens (tertiary/aromatic N) is 4. The van der Waals surface area contributed by atoms with Crippen molar-refractivity contribution in [3.63, 3.8) is 0 Å². The van der Waals surface area contributed by atoms with Crippen molar-refractivity contribution >= 4 is 5.91 Å². The van der Waals surface area contributed by atoms with E-state index >= 15 is 0 Å². The van der Waals surface area contributed by atoms with Crippen LogP contribution in [0, 0.1) is 0 Å². The van der Waals surface area contributed by atoms with E-state index in [2.05, 4.69) is 22.1 Å². The van der Waals surface area contributed by atoms with Crippen LogP contribution < -0.4 is 9.47 Å². The molecule has 1 aromatic heterocycles. The van der Waals surface area contributed by atoms with Gasteiger partial charge < -0.3 is 23.8 Å². The van der Waals surface area contributed by atoms with Crippen LogP contribution in [-0.4, -0.2) is 73.3 Å². The number of hydrogen-bond donors (Lipinski definition) is 0. The second-order valence-electron chi connectivity index (χ2n) is 6.62. The quantitative estimate of drug-likeness (QED) is 0.731. The van der Waals surface area contributed by atoms with E-state index in [-0.39, 0.29) is 5.91 Å². The van der Waals surface area contributed by atoms with Crippen molar-refractivity contribution in [3.8, 4) is 22.9 Å². The monoisotopic (exact) mass is 374 g/mol. The number of hydrogen-bond acceptors (Lipinski definition) is 7. The van der Waals surface area contributed by atoms with Crippen molar-refractivity contribution in [2.45, 2.75) is 19.3 Å². The largest absolute Gasteiger partial charge is 0.493 e. The lowest BCUT2D eigenvalue weighted by Crippen LogP contribution is -2.47. The Morgan fingerprint density at radius 1 is 1.15 bits per heavy atom. The molecular formula is C19H26N4O4. The first kappa shape index (κ1) is 19.2. The Morgan fingerprint density at radius 2 is 1.89 bits per heavy atom. The molecule has 0 spiro atoms. The first-order chi connectivity index (χ1) is 13.1. The van der Waals surface area contributed by atoms with Gasteiger partial charge in [0, 0.05) is 44.6 Å². The molecular weight excluding hydrogens is 348 g/mol. The Kier molecular flexibility index (Phi) is 6.28. The van der Waals surface area contributed by atoms with E-state index in [9.17, 15) is 4.79 Å². The minimum absolute atomic E-state index is 0.197. The smallest absolute Gasteiger partial charge is 0.226 e. The van der Waals surface area contributed by atoms with Crippen LogP contribution in [0.4, 0.5) is 0 Å². The van der Waals surface area contributed by atoms with E-state index < -0.39 is 0 Å². The molecule has 27 heavy (non-hydrogen) atoms. The van der Waals surface area contributed by atoms with E-state index in [1.165, 1.54) is 0 Å². The van der Waals surface area contributed by atoms with E-state index in [0.717, 1.165) is 31.7 Å². The topological polar surface area (TPSA) is 80.9 Å².